The fourth-order valence-corrected chi connectivity index (χ4v) is 2.07. The van der Waals surface area contributed by atoms with Crippen molar-refractivity contribution in [2.75, 3.05) is 0 Å². The van der Waals surface area contributed by atoms with E-state index in [2.05, 4.69) is 5.32 Å². The van der Waals surface area contributed by atoms with E-state index in [-0.39, 0.29) is 5.92 Å². The Morgan fingerprint density at radius 1 is 1.10 bits per heavy atom. The topological polar surface area (TPSA) is 64.6 Å². The van der Waals surface area contributed by atoms with Crippen LogP contribution in [0.3, 0.4) is 0 Å². The molecule has 1 aliphatic rings. The van der Waals surface area contributed by atoms with Gasteiger partial charge in [0.25, 0.3) is 0 Å². The monoisotopic (exact) mass is 297 g/mol. The molecule has 0 bridgehead atoms. The summed E-state index contributed by atoms with van der Waals surface area (Å²) in [6.07, 6.45) is 5.09. The fourth-order valence-electron chi connectivity index (χ4n) is 2.07. The van der Waals surface area contributed by atoms with Crippen LogP contribution in [0.4, 0.5) is 4.79 Å². The second kappa shape index (κ2) is 6.50. The van der Waals surface area contributed by atoms with Gasteiger partial charge in [0.2, 0.25) is 0 Å². The molecular formula is C16H27NO4. The molecule has 0 heterocycles. The fraction of sp³-hybridized carbons (Fsp3) is 0.750. The van der Waals surface area contributed by atoms with E-state index in [1.807, 2.05) is 12.2 Å². The molecule has 0 aromatic rings. The summed E-state index contributed by atoms with van der Waals surface area (Å²) in [5.41, 5.74) is -1.19. The Morgan fingerprint density at radius 2 is 1.67 bits per heavy atom. The third-order valence-corrected chi connectivity index (χ3v) is 2.81. The summed E-state index contributed by atoms with van der Waals surface area (Å²) in [7, 11) is 0. The van der Waals surface area contributed by atoms with E-state index in [1.165, 1.54) is 0 Å². The van der Waals surface area contributed by atoms with Gasteiger partial charge in [-0.25, -0.2) is 9.59 Å². The van der Waals surface area contributed by atoms with Crippen LogP contribution in [0, 0.1) is 5.92 Å². The molecule has 1 aliphatic carbocycles. The van der Waals surface area contributed by atoms with Crippen LogP contribution < -0.4 is 5.32 Å². The third kappa shape index (κ3) is 6.65. The smallest absolute Gasteiger partial charge is 0.408 e. The molecule has 0 aromatic carbocycles. The zero-order valence-electron chi connectivity index (χ0n) is 13.9. The lowest BCUT2D eigenvalue weighted by atomic mass is 9.99. The number of esters is 1. The van der Waals surface area contributed by atoms with Crippen LogP contribution in [0.2, 0.25) is 0 Å². The summed E-state index contributed by atoms with van der Waals surface area (Å²) in [5.74, 6) is -0.475. The van der Waals surface area contributed by atoms with Crippen LogP contribution in [0.1, 0.15) is 54.4 Å². The Balaban J connectivity index is 2.76. The Morgan fingerprint density at radius 3 is 2.10 bits per heavy atom. The van der Waals surface area contributed by atoms with Crippen molar-refractivity contribution < 1.29 is 19.1 Å². The maximum atomic E-state index is 12.3. The number of rotatable bonds is 3. The van der Waals surface area contributed by atoms with Gasteiger partial charge in [0, 0.05) is 5.92 Å². The summed E-state index contributed by atoms with van der Waals surface area (Å²) in [5, 5.41) is 2.65. The lowest BCUT2D eigenvalue weighted by Gasteiger charge is -2.28. The molecule has 0 fully saturated rings. The predicted octanol–water partition coefficient (Wildman–Crippen LogP) is 3.19. The molecule has 0 saturated heterocycles. The maximum absolute atomic E-state index is 12.3. The number of alkyl carbamates (subject to hydrolysis) is 1. The van der Waals surface area contributed by atoms with Crippen molar-refractivity contribution >= 4 is 12.1 Å². The normalized spacial score (nSPS) is 20.0. The number of allylic oxidation sites excluding steroid dienone is 1. The number of hydrogen-bond acceptors (Lipinski definition) is 4. The second-order valence-electron chi connectivity index (χ2n) is 7.33. The van der Waals surface area contributed by atoms with E-state index in [1.54, 1.807) is 41.5 Å². The van der Waals surface area contributed by atoms with Crippen LogP contribution in [0.5, 0.6) is 0 Å². The molecule has 0 saturated carbocycles. The van der Waals surface area contributed by atoms with Crippen LogP contribution >= 0.6 is 0 Å². The number of carbonyl (C=O) groups is 2. The van der Waals surface area contributed by atoms with E-state index >= 15 is 0 Å². The Labute approximate surface area is 127 Å². The van der Waals surface area contributed by atoms with E-state index in [0.29, 0.717) is 0 Å². The highest BCUT2D eigenvalue weighted by Gasteiger charge is 2.34. The minimum absolute atomic E-state index is 0.0487. The lowest BCUT2D eigenvalue weighted by molar-refractivity contribution is -0.158. The highest BCUT2D eigenvalue weighted by Crippen LogP contribution is 2.23. The summed E-state index contributed by atoms with van der Waals surface area (Å²) < 4.78 is 10.6. The number of ether oxygens (including phenoxy) is 2. The molecule has 2 unspecified atom stereocenters. The highest BCUT2D eigenvalue weighted by atomic mass is 16.6. The first-order valence-corrected chi connectivity index (χ1v) is 7.37. The zero-order valence-corrected chi connectivity index (χ0v) is 13.9. The molecule has 5 nitrogen and oxygen atoms in total. The van der Waals surface area contributed by atoms with Crippen LogP contribution in [0.25, 0.3) is 0 Å². The largest absolute Gasteiger partial charge is 0.458 e. The molecule has 5 heteroatoms. The number of nitrogens with one attached hydrogen (secondary N) is 1. The molecule has 1 rings (SSSR count). The van der Waals surface area contributed by atoms with Gasteiger partial charge < -0.3 is 14.8 Å². The Hall–Kier alpha value is -1.52. The summed E-state index contributed by atoms with van der Waals surface area (Å²) >= 11 is 0. The number of hydrogen-bond donors (Lipinski definition) is 1. The van der Waals surface area contributed by atoms with Gasteiger partial charge in [-0.05, 0) is 54.4 Å². The predicted molar refractivity (Wildman–Crippen MR) is 80.9 cm³/mol. The van der Waals surface area contributed by atoms with Crippen LogP contribution in [-0.4, -0.2) is 29.3 Å². The van der Waals surface area contributed by atoms with Crippen molar-refractivity contribution in [2.45, 2.75) is 71.6 Å². The SMILES string of the molecule is CC(C)(C)OC(=O)NC(C(=O)OC(C)(C)C)C1C=CCC1. The Bertz CT molecular complexity index is 415. The van der Waals surface area contributed by atoms with Crippen molar-refractivity contribution in [3.05, 3.63) is 12.2 Å². The van der Waals surface area contributed by atoms with E-state index in [0.717, 1.165) is 12.8 Å². The van der Waals surface area contributed by atoms with Gasteiger partial charge in [-0.2, -0.15) is 0 Å². The quantitative estimate of drug-likeness (QED) is 0.642. The van der Waals surface area contributed by atoms with Gasteiger partial charge in [-0.3, -0.25) is 0 Å². The molecule has 120 valence electrons. The second-order valence-corrected chi connectivity index (χ2v) is 7.33. The number of amides is 1. The first kappa shape index (κ1) is 17.5. The zero-order chi connectivity index (χ0) is 16.3. The van der Waals surface area contributed by atoms with Crippen molar-refractivity contribution in [3.63, 3.8) is 0 Å². The lowest BCUT2D eigenvalue weighted by Crippen LogP contribution is -2.49. The van der Waals surface area contributed by atoms with Gasteiger partial charge in [0.05, 0.1) is 0 Å². The van der Waals surface area contributed by atoms with Crippen molar-refractivity contribution in [1.29, 1.82) is 0 Å². The molecular weight excluding hydrogens is 270 g/mol. The van der Waals surface area contributed by atoms with Gasteiger partial charge in [-0.15, -0.1) is 0 Å². The average molecular weight is 297 g/mol. The molecule has 0 spiro atoms. The minimum Gasteiger partial charge on any atom is -0.458 e. The molecule has 21 heavy (non-hydrogen) atoms. The third-order valence-electron chi connectivity index (χ3n) is 2.81. The first-order chi connectivity index (χ1) is 9.48. The Kier molecular flexibility index (Phi) is 5.42. The van der Waals surface area contributed by atoms with Gasteiger partial charge >= 0.3 is 12.1 Å². The van der Waals surface area contributed by atoms with E-state index in [9.17, 15) is 9.59 Å². The molecule has 1 N–H and O–H groups in total. The van der Waals surface area contributed by atoms with Crippen molar-refractivity contribution in [3.8, 4) is 0 Å². The number of carbonyl (C=O) groups excluding carboxylic acids is 2. The van der Waals surface area contributed by atoms with Crippen LogP contribution in [0.15, 0.2) is 12.2 Å². The molecule has 2 atom stereocenters. The van der Waals surface area contributed by atoms with Crippen LogP contribution in [-0.2, 0) is 14.3 Å². The van der Waals surface area contributed by atoms with Gasteiger partial charge in [0.15, 0.2) is 0 Å². The highest BCUT2D eigenvalue weighted by molar-refractivity contribution is 5.82. The summed E-state index contributed by atoms with van der Waals surface area (Å²) in [4.78, 5) is 24.3. The minimum atomic E-state index is -0.710. The first-order valence-electron chi connectivity index (χ1n) is 7.37. The van der Waals surface area contributed by atoms with Crippen molar-refractivity contribution in [2.24, 2.45) is 5.92 Å². The molecule has 0 aliphatic heterocycles. The molecule has 0 radical (unpaired) electrons. The molecule has 0 aromatic heterocycles. The maximum Gasteiger partial charge on any atom is 0.408 e. The molecule has 1 amide bonds. The summed E-state index contributed by atoms with van der Waals surface area (Å²) in [6, 6.07) is -0.710. The average Bonchev–Trinajstić information content (AvgIpc) is 2.73. The van der Waals surface area contributed by atoms with E-state index in [4.69, 9.17) is 9.47 Å². The summed E-state index contributed by atoms with van der Waals surface area (Å²) in [6.45, 7) is 10.8. The van der Waals surface area contributed by atoms with Crippen molar-refractivity contribution in [1.82, 2.24) is 5.32 Å². The standard InChI is InChI=1S/C16H27NO4/c1-15(2,3)20-13(18)12(11-9-7-8-10-11)17-14(19)21-16(4,5)6/h7,9,11-12H,8,10H2,1-6H3,(H,17,19). The van der Waals surface area contributed by atoms with Gasteiger partial charge in [0.1, 0.15) is 17.2 Å². The van der Waals surface area contributed by atoms with E-state index < -0.39 is 29.3 Å². The van der Waals surface area contributed by atoms with Gasteiger partial charge in [-0.1, -0.05) is 12.2 Å².